The zero-order valence-corrected chi connectivity index (χ0v) is 14.5. The summed E-state index contributed by atoms with van der Waals surface area (Å²) in [4.78, 5) is 12.5. The van der Waals surface area contributed by atoms with E-state index in [1.165, 1.54) is 5.56 Å². The average molecular weight is 349 g/mol. The molecule has 1 amide bonds. The molecule has 1 heterocycles. The number of fused-ring (bicyclic) bond motifs is 1. The van der Waals surface area contributed by atoms with Crippen molar-refractivity contribution in [1.29, 1.82) is 0 Å². The van der Waals surface area contributed by atoms with E-state index >= 15 is 0 Å². The van der Waals surface area contributed by atoms with E-state index in [0.29, 0.717) is 26.1 Å². The molecule has 24 heavy (non-hydrogen) atoms. The highest BCUT2D eigenvalue weighted by atomic mass is 32.2. The average Bonchev–Trinajstić information content (AvgIpc) is 3.36. The van der Waals surface area contributed by atoms with E-state index in [0.717, 1.165) is 24.8 Å². The quantitative estimate of drug-likeness (QED) is 0.899. The Hall–Kier alpha value is -1.40. The number of hydrogen-bond acceptors (Lipinski definition) is 4. The lowest BCUT2D eigenvalue weighted by molar-refractivity contribution is -0.121. The summed E-state index contributed by atoms with van der Waals surface area (Å²) >= 11 is 0. The van der Waals surface area contributed by atoms with Gasteiger partial charge in [-0.1, -0.05) is 24.3 Å². The second-order valence-electron chi connectivity index (χ2n) is 7.36. The zero-order chi connectivity index (χ0) is 16.8. The van der Waals surface area contributed by atoms with Gasteiger partial charge in [0.1, 0.15) is 5.75 Å². The van der Waals surface area contributed by atoms with Crippen LogP contribution >= 0.6 is 0 Å². The van der Waals surface area contributed by atoms with Gasteiger partial charge in [0, 0.05) is 18.6 Å². The van der Waals surface area contributed by atoms with Crippen LogP contribution in [0, 0.1) is 5.41 Å². The first-order chi connectivity index (χ1) is 11.5. The molecule has 2 fully saturated rings. The van der Waals surface area contributed by atoms with Crippen molar-refractivity contribution in [1.82, 2.24) is 5.32 Å². The summed E-state index contributed by atoms with van der Waals surface area (Å²) < 4.78 is 29.7. The van der Waals surface area contributed by atoms with Crippen LogP contribution in [0.25, 0.3) is 0 Å². The summed E-state index contributed by atoms with van der Waals surface area (Å²) in [5, 5.41) is 2.77. The third-order valence-electron chi connectivity index (χ3n) is 5.68. The summed E-state index contributed by atoms with van der Waals surface area (Å²) in [6, 6.07) is 8.06. The van der Waals surface area contributed by atoms with Crippen LogP contribution in [-0.2, 0) is 25.8 Å². The van der Waals surface area contributed by atoms with E-state index in [2.05, 4.69) is 17.4 Å². The van der Waals surface area contributed by atoms with Gasteiger partial charge in [-0.15, -0.1) is 0 Å². The number of carbonyl (C=O) groups excluding carboxylic acids is 1. The maximum atomic E-state index is 12.5. The Kier molecular flexibility index (Phi) is 3.92. The van der Waals surface area contributed by atoms with Crippen LogP contribution in [-0.4, -0.2) is 38.5 Å². The smallest absolute Gasteiger partial charge is 0.235 e. The van der Waals surface area contributed by atoms with Gasteiger partial charge in [0.15, 0.2) is 9.84 Å². The highest BCUT2D eigenvalue weighted by Crippen LogP contribution is 2.51. The Morgan fingerprint density at radius 2 is 1.92 bits per heavy atom. The van der Waals surface area contributed by atoms with Gasteiger partial charge in [0.05, 0.1) is 11.3 Å². The summed E-state index contributed by atoms with van der Waals surface area (Å²) in [6.07, 6.45) is 4.10. The normalized spacial score (nSPS) is 25.4. The fourth-order valence-electron chi connectivity index (χ4n) is 4.19. The number of nitrogens with one attached hydrogen (secondary N) is 1. The van der Waals surface area contributed by atoms with Crippen LogP contribution in [0.4, 0.5) is 0 Å². The standard InChI is InChI=1S/C18H23NO4S/c20-16(12-24(21,22)14-5-6-14)19-17-15-4-2-1-3-13(15)11-18(17)7-9-23-10-8-18/h1-4,14,17H,5-12H2,(H,19,20). The molecule has 3 aliphatic rings. The molecule has 2 aliphatic carbocycles. The number of carbonyl (C=O) groups is 1. The van der Waals surface area contributed by atoms with Crippen molar-refractivity contribution in [3.63, 3.8) is 0 Å². The minimum absolute atomic E-state index is 0.0407. The molecule has 5 nitrogen and oxygen atoms in total. The number of rotatable bonds is 4. The van der Waals surface area contributed by atoms with Crippen molar-refractivity contribution in [3.05, 3.63) is 35.4 Å². The fourth-order valence-corrected chi connectivity index (χ4v) is 5.73. The topological polar surface area (TPSA) is 72.5 Å². The highest BCUT2D eigenvalue weighted by molar-refractivity contribution is 7.93. The highest BCUT2D eigenvalue weighted by Gasteiger charge is 2.48. The predicted molar refractivity (Wildman–Crippen MR) is 90.3 cm³/mol. The first-order valence-corrected chi connectivity index (χ1v) is 10.4. The van der Waals surface area contributed by atoms with Crippen LogP contribution in [0.15, 0.2) is 24.3 Å². The molecule has 1 aliphatic heterocycles. The van der Waals surface area contributed by atoms with Gasteiger partial charge in [-0.25, -0.2) is 8.42 Å². The molecule has 130 valence electrons. The number of sulfone groups is 1. The molecule has 1 spiro atoms. The molecular formula is C18H23NO4S. The van der Waals surface area contributed by atoms with Gasteiger partial charge < -0.3 is 10.1 Å². The van der Waals surface area contributed by atoms with Crippen molar-refractivity contribution < 1.29 is 17.9 Å². The Balaban J connectivity index is 1.57. The Morgan fingerprint density at radius 1 is 1.21 bits per heavy atom. The lowest BCUT2D eigenvalue weighted by atomic mass is 9.74. The number of amides is 1. The van der Waals surface area contributed by atoms with Gasteiger partial charge >= 0.3 is 0 Å². The fraction of sp³-hybridized carbons (Fsp3) is 0.611. The third-order valence-corrected chi connectivity index (χ3v) is 7.83. The van der Waals surface area contributed by atoms with E-state index < -0.39 is 9.84 Å². The largest absolute Gasteiger partial charge is 0.381 e. The maximum absolute atomic E-state index is 12.5. The predicted octanol–water partition coefficient (Wildman–Crippen LogP) is 1.77. The van der Waals surface area contributed by atoms with Crippen molar-refractivity contribution in [2.45, 2.75) is 43.4 Å². The molecule has 0 aromatic heterocycles. The minimum Gasteiger partial charge on any atom is -0.381 e. The van der Waals surface area contributed by atoms with Crippen LogP contribution in [0.5, 0.6) is 0 Å². The number of ether oxygens (including phenoxy) is 1. The number of benzene rings is 1. The second-order valence-corrected chi connectivity index (χ2v) is 9.64. The summed E-state index contributed by atoms with van der Waals surface area (Å²) in [5.74, 6) is -0.752. The molecule has 1 saturated heterocycles. The van der Waals surface area contributed by atoms with E-state index in [1.54, 1.807) is 0 Å². The third kappa shape index (κ3) is 2.86. The SMILES string of the molecule is O=C(CS(=O)(=O)C1CC1)NC1c2ccccc2CC12CCOCC2. The lowest BCUT2D eigenvalue weighted by Crippen LogP contribution is -2.44. The Bertz CT molecular complexity index is 748. The van der Waals surface area contributed by atoms with Crippen LogP contribution in [0.1, 0.15) is 42.9 Å². The Labute approximate surface area is 142 Å². The van der Waals surface area contributed by atoms with Gasteiger partial charge in [0.2, 0.25) is 5.91 Å². The summed E-state index contributed by atoms with van der Waals surface area (Å²) in [5.41, 5.74) is 2.35. The molecule has 1 aromatic carbocycles. The molecule has 1 unspecified atom stereocenters. The molecule has 6 heteroatoms. The number of hydrogen-bond donors (Lipinski definition) is 1. The second kappa shape index (κ2) is 5.85. The van der Waals surface area contributed by atoms with E-state index in [4.69, 9.17) is 4.74 Å². The van der Waals surface area contributed by atoms with E-state index in [9.17, 15) is 13.2 Å². The Morgan fingerprint density at radius 3 is 2.62 bits per heavy atom. The molecule has 1 aromatic rings. The first-order valence-electron chi connectivity index (χ1n) is 8.67. The van der Waals surface area contributed by atoms with Crippen LogP contribution in [0.3, 0.4) is 0 Å². The van der Waals surface area contributed by atoms with Crippen molar-refractivity contribution in [2.75, 3.05) is 19.0 Å². The molecule has 0 radical (unpaired) electrons. The van der Waals surface area contributed by atoms with E-state index in [-0.39, 0.29) is 28.4 Å². The first kappa shape index (κ1) is 16.1. The maximum Gasteiger partial charge on any atom is 0.235 e. The summed E-state index contributed by atoms with van der Waals surface area (Å²) in [6.45, 7) is 1.39. The van der Waals surface area contributed by atoms with Crippen LogP contribution < -0.4 is 5.32 Å². The van der Waals surface area contributed by atoms with Gasteiger partial charge in [-0.3, -0.25) is 4.79 Å². The molecule has 1 atom stereocenters. The van der Waals surface area contributed by atoms with Crippen molar-refractivity contribution >= 4 is 15.7 Å². The van der Waals surface area contributed by atoms with E-state index in [1.807, 2.05) is 12.1 Å². The van der Waals surface area contributed by atoms with Crippen molar-refractivity contribution in [2.24, 2.45) is 5.41 Å². The molecular weight excluding hydrogens is 326 g/mol. The summed E-state index contributed by atoms with van der Waals surface area (Å²) in [7, 11) is -3.28. The van der Waals surface area contributed by atoms with Gasteiger partial charge in [-0.2, -0.15) is 0 Å². The minimum atomic E-state index is -3.28. The lowest BCUT2D eigenvalue weighted by Gasteiger charge is -2.39. The monoisotopic (exact) mass is 349 g/mol. The van der Waals surface area contributed by atoms with Crippen molar-refractivity contribution in [3.8, 4) is 0 Å². The van der Waals surface area contributed by atoms with Crippen LogP contribution in [0.2, 0.25) is 0 Å². The molecule has 0 bridgehead atoms. The molecule has 1 saturated carbocycles. The zero-order valence-electron chi connectivity index (χ0n) is 13.7. The van der Waals surface area contributed by atoms with Gasteiger partial charge in [0.25, 0.3) is 0 Å². The molecule has 4 rings (SSSR count). The molecule has 1 N–H and O–H groups in total. The van der Waals surface area contributed by atoms with Gasteiger partial charge in [-0.05, 0) is 43.2 Å².